The lowest BCUT2D eigenvalue weighted by molar-refractivity contribution is 1.41. The van der Waals surface area contributed by atoms with E-state index in [2.05, 4.69) is 4.98 Å². The number of aromatic nitrogens is 1. The Bertz CT molecular complexity index is 4000. The summed E-state index contributed by atoms with van der Waals surface area (Å²) in [7, 11) is 0. The molecule has 0 spiro atoms. The van der Waals surface area contributed by atoms with E-state index in [1.807, 2.05) is 30.3 Å². The van der Waals surface area contributed by atoms with Crippen molar-refractivity contribution < 1.29 is 26.0 Å². The highest BCUT2D eigenvalue weighted by atomic mass is 32.1. The minimum Gasteiger partial charge on any atom is -0.300 e. The van der Waals surface area contributed by atoms with E-state index in [0.29, 0.717) is 16.9 Å². The summed E-state index contributed by atoms with van der Waals surface area (Å²) in [5.74, 6) is 0. The fraction of sp³-hybridized carbons (Fsp3) is 0. The minimum atomic E-state index is -0.813. The van der Waals surface area contributed by atoms with E-state index in [0.717, 1.165) is 16.5 Å². The van der Waals surface area contributed by atoms with Crippen LogP contribution in [0.15, 0.2) is 206 Å². The normalized spacial score (nSPS) is 16.1. The summed E-state index contributed by atoms with van der Waals surface area (Å²) in [4.78, 5) is 3.96. The molecule has 0 bridgehead atoms. The molecule has 55 heavy (non-hydrogen) atoms. The Kier molecular flexibility index (Phi) is 5.22. The van der Waals surface area contributed by atoms with Gasteiger partial charge in [-0.05, 0) is 73.6 Å². The first-order valence-electron chi connectivity index (χ1n) is 26.4. The number of benzene rings is 6. The van der Waals surface area contributed by atoms with Crippen LogP contribution in [0.4, 0.5) is 0 Å². The van der Waals surface area contributed by atoms with Gasteiger partial charge in [0.25, 0.3) is 0 Å². The van der Waals surface area contributed by atoms with Crippen LogP contribution in [0.1, 0.15) is 37.2 Å². The van der Waals surface area contributed by atoms with Crippen LogP contribution in [0.3, 0.4) is 0 Å². The van der Waals surface area contributed by atoms with Crippen molar-refractivity contribution in [3.05, 3.63) is 217 Å². The molecule has 0 aliphatic carbocycles. The third-order valence-electron chi connectivity index (χ3n) is 8.74. The number of thiophene rings is 1. The first-order valence-corrected chi connectivity index (χ1v) is 17.7. The molecule has 2 aromatic heterocycles. The molecular formula is C52H36N2S. The maximum atomic E-state index is 9.94. The molecule has 2 heterocycles. The van der Waals surface area contributed by atoms with E-state index in [-0.39, 0.29) is 32.2 Å². The van der Waals surface area contributed by atoms with Gasteiger partial charge in [0, 0.05) is 38.0 Å². The summed E-state index contributed by atoms with van der Waals surface area (Å²) in [6.07, 6.45) is 4.96. The number of nitrogens with one attached hydrogen (secondary N) is 1. The summed E-state index contributed by atoms with van der Waals surface area (Å²) < 4.78 is 171. The molecule has 0 unspecified atom stereocenters. The van der Waals surface area contributed by atoms with Gasteiger partial charge in [-0.15, -0.1) is 11.3 Å². The van der Waals surface area contributed by atoms with Gasteiger partial charge in [-0.3, -0.25) is 4.98 Å². The molecule has 0 aliphatic heterocycles. The van der Waals surface area contributed by atoms with E-state index in [9.17, 15) is 15.0 Å². The van der Waals surface area contributed by atoms with E-state index in [1.165, 1.54) is 12.1 Å². The van der Waals surface area contributed by atoms with Crippen LogP contribution in [-0.4, -0.2) is 10.7 Å². The maximum absolute atomic E-state index is 9.94. The number of rotatable bonds is 7. The van der Waals surface area contributed by atoms with Crippen LogP contribution in [0, 0.1) is 5.41 Å². The standard InChI is InChI=1S/C52H36N2S/c53-47(32-28-36-27-29-38-23-15-33-54-48(38)34-36)37-16-5-1-2-6-19-40(31-30-37)49-50(39-17-7-3-8-18-39)52(55-51(49)41-20-9-4-10-21-41)46-35-42-22-11-12-24-43(42)44-25-13-14-26-45(44)46/h1-35,53H/b2-1?,5-1?,6-2?,16-5?,19-6?,31-30?,32-28-,37-16?,37-30?,40-19?,40-31?,53-47?/i3D,4D,7D,8D,9D,10D,11D,12D,13D,14D,17D,18D,20D,21D,22D,24D,25D,26D,35D. The molecule has 9 aromatic rings. The zero-order valence-electron chi connectivity index (χ0n) is 47.6. The fourth-order valence-electron chi connectivity index (χ4n) is 6.22. The van der Waals surface area contributed by atoms with Crippen LogP contribution in [0.25, 0.3) is 81.7 Å². The quantitative estimate of drug-likeness (QED) is 0.128. The summed E-state index contributed by atoms with van der Waals surface area (Å²) in [6, 6.07) is 7.64. The Balaban J connectivity index is 1.51. The van der Waals surface area contributed by atoms with Crippen LogP contribution in [0.2, 0.25) is 0 Å². The molecule has 0 radical (unpaired) electrons. The van der Waals surface area contributed by atoms with Crippen molar-refractivity contribution in [1.82, 2.24) is 4.98 Å². The summed E-state index contributed by atoms with van der Waals surface area (Å²) >= 11 is 0.626. The number of pyridine rings is 1. The Morgan fingerprint density at radius 3 is 2.07 bits per heavy atom. The van der Waals surface area contributed by atoms with Gasteiger partial charge in [0.1, 0.15) is 0 Å². The summed E-state index contributed by atoms with van der Waals surface area (Å²) in [5.41, 5.74) is 0.106. The van der Waals surface area contributed by atoms with Gasteiger partial charge in [-0.2, -0.15) is 0 Å². The second kappa shape index (κ2) is 15.2. The molecule has 0 atom stereocenters. The zero-order valence-corrected chi connectivity index (χ0v) is 29.4. The van der Waals surface area contributed by atoms with Crippen molar-refractivity contribution in [1.29, 1.82) is 5.41 Å². The highest BCUT2D eigenvalue weighted by molar-refractivity contribution is 7.20. The average molecular weight is 740 g/mol. The topological polar surface area (TPSA) is 36.7 Å². The lowest BCUT2D eigenvalue weighted by atomic mass is 9.89. The maximum Gasteiger partial charge on any atom is 0.0707 e. The molecule has 0 saturated heterocycles. The van der Waals surface area contributed by atoms with Gasteiger partial charge in [0.05, 0.1) is 37.3 Å². The van der Waals surface area contributed by atoms with Crippen molar-refractivity contribution in [2.45, 2.75) is 0 Å². The van der Waals surface area contributed by atoms with Crippen LogP contribution >= 0.6 is 11.3 Å². The van der Waals surface area contributed by atoms with Crippen molar-refractivity contribution in [3.63, 3.8) is 0 Å². The molecule has 1 N–H and O–H groups in total. The molecule has 7 aromatic carbocycles. The molecule has 0 amide bonds. The van der Waals surface area contributed by atoms with Gasteiger partial charge in [-0.25, -0.2) is 0 Å². The number of fused-ring (bicyclic) bond motifs is 4. The first-order chi connectivity index (χ1) is 35.1. The number of hydrogen-bond donors (Lipinski definition) is 1. The van der Waals surface area contributed by atoms with Gasteiger partial charge in [0.15, 0.2) is 0 Å². The molecule has 3 heteroatoms. The summed E-state index contributed by atoms with van der Waals surface area (Å²) in [6.45, 7) is 0. The van der Waals surface area contributed by atoms with Crippen LogP contribution in [-0.2, 0) is 0 Å². The number of hydrogen-bond acceptors (Lipinski definition) is 3. The Labute approximate surface area is 351 Å². The SMILES string of the molecule is [2H]c1c([2H])c([2H])c(-c2sc(-c3c([2H])c4c([2H])c([2H])c([2H])c([2H])c4c4c([2H])c([2H])c([2H])c([2H])c34)c(-c3c([2H])c([2H])c([2H])c([2H])c3[2H])c2-c2ccccccc(C(=N)/C=C\c3ccc4cccnc4c3)cc2)c([2H])c1[2H]. The molecular weight excluding hydrogens is 685 g/mol. The van der Waals surface area contributed by atoms with E-state index in [1.54, 1.807) is 54.7 Å². The predicted octanol–water partition coefficient (Wildman–Crippen LogP) is 14.5. The van der Waals surface area contributed by atoms with Crippen molar-refractivity contribution in [3.8, 4) is 43.1 Å². The molecule has 2 nitrogen and oxygen atoms in total. The minimum absolute atomic E-state index is 0.0128. The number of allylic oxidation sites excluding steroid dienone is 1. The molecule has 0 aliphatic rings. The lowest BCUT2D eigenvalue weighted by Crippen LogP contribution is -1.92. The van der Waals surface area contributed by atoms with Gasteiger partial charge in [-0.1, -0.05) is 182 Å². The molecule has 0 saturated carbocycles. The zero-order chi connectivity index (χ0) is 53.5. The lowest BCUT2D eigenvalue weighted by Gasteiger charge is -2.13. The molecule has 0 fully saturated rings. The highest BCUT2D eigenvalue weighted by Gasteiger charge is 2.24. The predicted molar refractivity (Wildman–Crippen MR) is 236 cm³/mol. The Morgan fingerprint density at radius 2 is 1.25 bits per heavy atom. The first kappa shape index (κ1) is 18.9. The monoisotopic (exact) mass is 739 g/mol. The molecule has 260 valence electrons. The van der Waals surface area contributed by atoms with Gasteiger partial charge >= 0.3 is 0 Å². The average Bonchev–Trinajstić information content (AvgIpc) is 3.76. The Hall–Kier alpha value is -6.94. The second-order valence-corrected chi connectivity index (χ2v) is 13.1. The third-order valence-corrected chi connectivity index (χ3v) is 9.96. The summed E-state index contributed by atoms with van der Waals surface area (Å²) in [5, 5.41) is 8.38. The van der Waals surface area contributed by atoms with Gasteiger partial charge in [0.2, 0.25) is 0 Å². The second-order valence-electron chi connectivity index (χ2n) is 12.1. The van der Waals surface area contributed by atoms with Crippen molar-refractivity contribution in [2.24, 2.45) is 0 Å². The van der Waals surface area contributed by atoms with E-state index >= 15 is 0 Å². The van der Waals surface area contributed by atoms with E-state index in [4.69, 9.17) is 16.4 Å². The smallest absolute Gasteiger partial charge is 0.0707 e. The van der Waals surface area contributed by atoms with E-state index < -0.39 is 153 Å². The van der Waals surface area contributed by atoms with Crippen molar-refractivity contribution >= 4 is 55.6 Å². The largest absolute Gasteiger partial charge is 0.300 e. The fourth-order valence-corrected chi connectivity index (χ4v) is 7.51. The number of nitrogens with zero attached hydrogens (tertiary/aromatic N) is 1. The van der Waals surface area contributed by atoms with Crippen molar-refractivity contribution in [2.75, 3.05) is 0 Å². The Morgan fingerprint density at radius 1 is 0.564 bits per heavy atom. The van der Waals surface area contributed by atoms with Crippen LogP contribution in [0.5, 0.6) is 0 Å². The highest BCUT2D eigenvalue weighted by Crippen LogP contribution is 2.53. The third kappa shape index (κ3) is 6.86. The van der Waals surface area contributed by atoms with Gasteiger partial charge < -0.3 is 5.41 Å². The molecule has 9 rings (SSSR count). The van der Waals surface area contributed by atoms with Crippen LogP contribution < -0.4 is 0 Å².